The van der Waals surface area contributed by atoms with Crippen LogP contribution in [-0.2, 0) is 22.7 Å². The summed E-state index contributed by atoms with van der Waals surface area (Å²) in [6.45, 7) is 1.39. The lowest BCUT2D eigenvalue weighted by molar-refractivity contribution is -0.127. The molecular formula is C16H22F2N4O2S. The second-order valence-corrected chi connectivity index (χ2v) is 7.62. The maximum atomic E-state index is 12.8. The van der Waals surface area contributed by atoms with Crippen LogP contribution in [0, 0.1) is 5.92 Å². The molecule has 2 N–H and O–H groups in total. The van der Waals surface area contributed by atoms with Gasteiger partial charge in [0.05, 0.1) is 24.8 Å². The Labute approximate surface area is 149 Å². The van der Waals surface area contributed by atoms with Crippen molar-refractivity contribution in [2.24, 2.45) is 5.92 Å². The fourth-order valence-electron chi connectivity index (χ4n) is 3.00. The highest BCUT2D eigenvalue weighted by Crippen LogP contribution is 2.48. The van der Waals surface area contributed by atoms with Gasteiger partial charge in [0, 0.05) is 11.8 Å². The number of alkyl halides is 2. The number of hydrogen-bond donors (Lipinski definition) is 2. The molecule has 1 saturated heterocycles. The van der Waals surface area contributed by atoms with Crippen molar-refractivity contribution in [2.75, 3.05) is 13.6 Å². The topological polar surface area (TPSA) is 74.3 Å². The van der Waals surface area contributed by atoms with Crippen LogP contribution < -0.4 is 10.6 Å². The molecular weight excluding hydrogens is 350 g/mol. The Balaban J connectivity index is 1.42. The van der Waals surface area contributed by atoms with Crippen LogP contribution in [0.3, 0.4) is 0 Å². The highest BCUT2D eigenvalue weighted by Gasteiger charge is 2.61. The number of carbonyl (C=O) groups is 2. The number of aromatic nitrogens is 1. The fourth-order valence-corrected chi connectivity index (χ4v) is 3.73. The first kappa shape index (κ1) is 18.2. The van der Waals surface area contributed by atoms with E-state index in [-0.39, 0.29) is 24.9 Å². The van der Waals surface area contributed by atoms with Gasteiger partial charge in [-0.25, -0.2) is 13.8 Å². The third-order valence-electron chi connectivity index (χ3n) is 4.67. The van der Waals surface area contributed by atoms with Crippen LogP contribution in [0.15, 0.2) is 5.38 Å². The molecule has 0 radical (unpaired) electrons. The minimum Gasteiger partial charge on any atom is -0.349 e. The number of likely N-dealkylation sites (tertiary alicyclic amines) is 1. The number of carbonyl (C=O) groups excluding carboxylic acids is 2. The van der Waals surface area contributed by atoms with Crippen molar-refractivity contribution in [2.45, 2.75) is 50.7 Å². The molecule has 2 fully saturated rings. The van der Waals surface area contributed by atoms with Crippen molar-refractivity contribution >= 4 is 23.2 Å². The largest absolute Gasteiger partial charge is 0.349 e. The number of nitrogens with one attached hydrogen (secondary N) is 2. The van der Waals surface area contributed by atoms with E-state index in [9.17, 15) is 18.4 Å². The van der Waals surface area contributed by atoms with Gasteiger partial charge in [0.15, 0.2) is 0 Å². The first-order valence-corrected chi connectivity index (χ1v) is 9.31. The summed E-state index contributed by atoms with van der Waals surface area (Å²) in [5.41, 5.74) is 0.706. The Kier molecular flexibility index (Phi) is 5.33. The van der Waals surface area contributed by atoms with Crippen LogP contribution in [0.5, 0.6) is 0 Å². The zero-order chi connectivity index (χ0) is 18.0. The lowest BCUT2D eigenvalue weighted by atomic mass is 10.0. The first-order chi connectivity index (χ1) is 11.9. The average Bonchev–Trinajstić information content (AvgIpc) is 3.01. The van der Waals surface area contributed by atoms with Crippen LogP contribution in [0.4, 0.5) is 8.78 Å². The van der Waals surface area contributed by atoms with E-state index in [1.807, 2.05) is 7.05 Å². The normalized spacial score (nSPS) is 25.4. The maximum Gasteiger partial charge on any atom is 0.260 e. The molecule has 6 nitrogen and oxygen atoms in total. The molecule has 0 aromatic carbocycles. The van der Waals surface area contributed by atoms with Crippen LogP contribution in [0.1, 0.15) is 36.4 Å². The molecule has 3 rings (SSSR count). The van der Waals surface area contributed by atoms with Crippen molar-refractivity contribution in [1.82, 2.24) is 20.5 Å². The summed E-state index contributed by atoms with van der Waals surface area (Å²) in [4.78, 5) is 30.2. The summed E-state index contributed by atoms with van der Waals surface area (Å²) < 4.78 is 25.6. The van der Waals surface area contributed by atoms with E-state index >= 15 is 0 Å². The van der Waals surface area contributed by atoms with E-state index in [1.54, 1.807) is 5.38 Å². The van der Waals surface area contributed by atoms with Gasteiger partial charge in [-0.1, -0.05) is 6.42 Å². The summed E-state index contributed by atoms with van der Waals surface area (Å²) in [5, 5.41) is 7.82. The highest BCUT2D eigenvalue weighted by molar-refractivity contribution is 7.09. The van der Waals surface area contributed by atoms with Gasteiger partial charge in [-0.15, -0.1) is 11.3 Å². The van der Waals surface area contributed by atoms with E-state index in [2.05, 4.69) is 20.5 Å². The van der Waals surface area contributed by atoms with E-state index in [1.165, 1.54) is 11.3 Å². The number of thiazole rings is 1. The van der Waals surface area contributed by atoms with Crippen LogP contribution in [0.2, 0.25) is 0 Å². The number of hydrogen-bond acceptors (Lipinski definition) is 5. The molecule has 2 aliphatic rings. The van der Waals surface area contributed by atoms with Gasteiger partial charge < -0.3 is 10.6 Å². The lowest BCUT2D eigenvalue weighted by Gasteiger charge is -2.31. The average molecular weight is 372 g/mol. The Morgan fingerprint density at radius 3 is 2.72 bits per heavy atom. The van der Waals surface area contributed by atoms with E-state index < -0.39 is 17.7 Å². The van der Waals surface area contributed by atoms with Gasteiger partial charge in [0.2, 0.25) is 11.8 Å². The SMILES string of the molecule is CN1CCCCC1C(=O)NCc1csc(CNC(=O)C2CC2(F)F)n1. The molecule has 1 saturated carbocycles. The van der Waals surface area contributed by atoms with Crippen molar-refractivity contribution < 1.29 is 18.4 Å². The third kappa shape index (κ3) is 4.52. The predicted molar refractivity (Wildman–Crippen MR) is 89.1 cm³/mol. The monoisotopic (exact) mass is 372 g/mol. The third-order valence-corrected chi connectivity index (χ3v) is 5.57. The first-order valence-electron chi connectivity index (χ1n) is 8.43. The van der Waals surface area contributed by atoms with Gasteiger partial charge in [0.25, 0.3) is 5.92 Å². The summed E-state index contributed by atoms with van der Waals surface area (Å²) in [7, 11) is 1.95. The van der Waals surface area contributed by atoms with E-state index in [0.29, 0.717) is 17.2 Å². The zero-order valence-electron chi connectivity index (χ0n) is 14.1. The minimum absolute atomic E-state index is 0.000942. The smallest absolute Gasteiger partial charge is 0.260 e. The standard InChI is InChI=1S/C16H22F2N4O2S/c1-22-5-3-2-4-12(22)15(24)19-7-10-9-25-13(21-10)8-20-14(23)11-6-16(11,17)18/h9,11-12H,2-8H2,1H3,(H,19,24)(H,20,23). The van der Waals surface area contributed by atoms with Crippen molar-refractivity contribution in [3.05, 3.63) is 16.1 Å². The van der Waals surface area contributed by atoms with Gasteiger partial charge in [-0.05, 0) is 26.4 Å². The Bertz CT molecular complexity index is 652. The molecule has 25 heavy (non-hydrogen) atoms. The second-order valence-electron chi connectivity index (χ2n) is 6.68. The highest BCUT2D eigenvalue weighted by atomic mass is 32.1. The number of amides is 2. The maximum absolute atomic E-state index is 12.8. The molecule has 138 valence electrons. The predicted octanol–water partition coefficient (Wildman–Crippen LogP) is 1.51. The lowest BCUT2D eigenvalue weighted by Crippen LogP contribution is -2.47. The molecule has 1 aromatic rings. The molecule has 0 spiro atoms. The van der Waals surface area contributed by atoms with Crippen molar-refractivity contribution in [1.29, 1.82) is 0 Å². The van der Waals surface area contributed by atoms with E-state index in [4.69, 9.17) is 0 Å². The second kappa shape index (κ2) is 7.33. The van der Waals surface area contributed by atoms with Crippen LogP contribution in [-0.4, -0.2) is 47.3 Å². The molecule has 1 aliphatic carbocycles. The summed E-state index contributed by atoms with van der Waals surface area (Å²) in [6, 6.07) is -0.0913. The summed E-state index contributed by atoms with van der Waals surface area (Å²) >= 11 is 1.34. The van der Waals surface area contributed by atoms with Crippen molar-refractivity contribution in [3.63, 3.8) is 0 Å². The molecule has 2 unspecified atom stereocenters. The van der Waals surface area contributed by atoms with Crippen LogP contribution >= 0.6 is 11.3 Å². The number of nitrogens with zero attached hydrogens (tertiary/aromatic N) is 2. The number of piperidine rings is 1. The summed E-state index contributed by atoms with van der Waals surface area (Å²) in [6.07, 6.45) is 2.67. The molecule has 0 bridgehead atoms. The number of rotatable bonds is 6. The molecule has 2 atom stereocenters. The quantitative estimate of drug-likeness (QED) is 0.794. The summed E-state index contributed by atoms with van der Waals surface area (Å²) in [5.74, 6) is -4.68. The zero-order valence-corrected chi connectivity index (χ0v) is 14.9. The molecule has 9 heteroatoms. The van der Waals surface area contributed by atoms with Gasteiger partial charge in [-0.2, -0.15) is 0 Å². The van der Waals surface area contributed by atoms with Gasteiger partial charge in [-0.3, -0.25) is 14.5 Å². The van der Waals surface area contributed by atoms with Crippen LogP contribution in [0.25, 0.3) is 0 Å². The number of likely N-dealkylation sites (N-methyl/N-ethyl adjacent to an activating group) is 1. The molecule has 1 aliphatic heterocycles. The van der Waals surface area contributed by atoms with Crippen molar-refractivity contribution in [3.8, 4) is 0 Å². The minimum atomic E-state index is -2.85. The van der Waals surface area contributed by atoms with E-state index in [0.717, 1.165) is 25.8 Å². The Morgan fingerprint density at radius 2 is 2.04 bits per heavy atom. The number of halogens is 2. The molecule has 1 aromatic heterocycles. The molecule has 2 heterocycles. The van der Waals surface area contributed by atoms with Gasteiger partial charge >= 0.3 is 0 Å². The Morgan fingerprint density at radius 1 is 1.32 bits per heavy atom. The Hall–Kier alpha value is -1.61. The molecule has 2 amide bonds. The fraction of sp³-hybridized carbons (Fsp3) is 0.688. The van der Waals surface area contributed by atoms with Gasteiger partial charge in [0.1, 0.15) is 10.9 Å².